The fourth-order valence-electron chi connectivity index (χ4n) is 3.40. The van der Waals surface area contributed by atoms with E-state index in [0.717, 1.165) is 42.8 Å². The lowest BCUT2D eigenvalue weighted by Gasteiger charge is -2.26. The van der Waals surface area contributed by atoms with Gasteiger partial charge in [-0.15, -0.1) is 0 Å². The molecule has 2 aliphatic rings. The van der Waals surface area contributed by atoms with Crippen molar-refractivity contribution in [1.29, 1.82) is 0 Å². The lowest BCUT2D eigenvalue weighted by atomic mass is 9.86. The van der Waals surface area contributed by atoms with Crippen LogP contribution in [0.5, 0.6) is 5.75 Å². The topological polar surface area (TPSA) is 38.5 Å². The Balaban J connectivity index is 1.71. The summed E-state index contributed by atoms with van der Waals surface area (Å²) < 4.78 is 5.95. The number of hydrogen-bond donors (Lipinski definition) is 1. The van der Waals surface area contributed by atoms with Crippen molar-refractivity contribution in [2.75, 3.05) is 26.7 Å². The average Bonchev–Trinajstić information content (AvgIpc) is 2.78. The van der Waals surface area contributed by atoms with Crippen LogP contribution >= 0.6 is 11.6 Å². The second kappa shape index (κ2) is 6.55. The number of ether oxygens (including phenoxy) is 1. The van der Waals surface area contributed by atoms with Crippen LogP contribution in [0.2, 0.25) is 5.02 Å². The third kappa shape index (κ3) is 3.53. The Bertz CT molecular complexity index is 490. The first-order chi connectivity index (χ1) is 10.2. The second-order valence-electron chi connectivity index (χ2n) is 6.62. The van der Waals surface area contributed by atoms with Gasteiger partial charge in [0.05, 0.1) is 6.61 Å². The Hall–Kier alpha value is -0.770. The third-order valence-corrected chi connectivity index (χ3v) is 5.18. The minimum atomic E-state index is 0.406. The summed E-state index contributed by atoms with van der Waals surface area (Å²) in [5.41, 5.74) is 7.08. The highest BCUT2D eigenvalue weighted by Gasteiger charge is 2.30. The number of nitrogens with two attached hydrogens (primary N) is 1. The molecule has 0 spiro atoms. The maximum Gasteiger partial charge on any atom is 0.121 e. The molecule has 0 amide bonds. The molecule has 1 aliphatic carbocycles. The van der Waals surface area contributed by atoms with Crippen LogP contribution in [0.3, 0.4) is 0 Å². The number of halogens is 1. The Labute approximate surface area is 132 Å². The summed E-state index contributed by atoms with van der Waals surface area (Å²) in [4.78, 5) is 2.37. The molecule has 1 aliphatic heterocycles. The molecule has 2 unspecified atom stereocenters. The molecule has 1 aromatic rings. The lowest BCUT2D eigenvalue weighted by Crippen LogP contribution is -2.21. The predicted octanol–water partition coefficient (Wildman–Crippen LogP) is 3.47. The number of likely N-dealkylation sites (tertiary alicyclic amines) is 1. The van der Waals surface area contributed by atoms with E-state index >= 15 is 0 Å². The molecular formula is C17H25ClN2O. The molecule has 1 aromatic carbocycles. The van der Waals surface area contributed by atoms with Crippen molar-refractivity contribution in [2.24, 2.45) is 17.6 Å². The van der Waals surface area contributed by atoms with Crippen LogP contribution in [0.1, 0.15) is 37.3 Å². The average molecular weight is 309 g/mol. The van der Waals surface area contributed by atoms with Gasteiger partial charge in [-0.25, -0.2) is 0 Å². The van der Waals surface area contributed by atoms with Gasteiger partial charge < -0.3 is 10.5 Å². The smallest absolute Gasteiger partial charge is 0.121 e. The maximum absolute atomic E-state index is 6.29. The molecule has 2 atom stereocenters. The van der Waals surface area contributed by atoms with Gasteiger partial charge in [0, 0.05) is 17.6 Å². The summed E-state index contributed by atoms with van der Waals surface area (Å²) in [5, 5.41) is 0.765. The summed E-state index contributed by atoms with van der Waals surface area (Å²) in [7, 11) is 2.16. The number of nitrogens with zero attached hydrogens (tertiary/aromatic N) is 1. The van der Waals surface area contributed by atoms with Crippen LogP contribution in [0.25, 0.3) is 0 Å². The van der Waals surface area contributed by atoms with Crippen LogP contribution in [-0.4, -0.2) is 31.6 Å². The van der Waals surface area contributed by atoms with Crippen molar-refractivity contribution in [3.8, 4) is 5.75 Å². The van der Waals surface area contributed by atoms with Crippen LogP contribution in [-0.2, 0) is 0 Å². The van der Waals surface area contributed by atoms with Gasteiger partial charge in [0.25, 0.3) is 0 Å². The zero-order valence-electron chi connectivity index (χ0n) is 12.7. The zero-order chi connectivity index (χ0) is 14.8. The van der Waals surface area contributed by atoms with E-state index < -0.39 is 0 Å². The fourth-order valence-corrected chi connectivity index (χ4v) is 3.63. The van der Waals surface area contributed by atoms with E-state index in [1.807, 2.05) is 6.07 Å². The molecule has 1 heterocycles. The molecule has 2 N–H and O–H groups in total. The van der Waals surface area contributed by atoms with Gasteiger partial charge >= 0.3 is 0 Å². The van der Waals surface area contributed by atoms with Crippen molar-refractivity contribution in [3.05, 3.63) is 28.8 Å². The van der Waals surface area contributed by atoms with Gasteiger partial charge in [-0.05, 0) is 68.5 Å². The first-order valence-electron chi connectivity index (χ1n) is 7.99. The minimum absolute atomic E-state index is 0.406. The molecule has 0 bridgehead atoms. The number of benzene rings is 1. The minimum Gasteiger partial charge on any atom is -0.493 e. The molecule has 0 radical (unpaired) electrons. The summed E-state index contributed by atoms with van der Waals surface area (Å²) in [6.07, 6.45) is 5.06. The SMILES string of the molecule is CN1CC(CN)CC1c1cc(Cl)cc(OCC2CCC2)c1. The van der Waals surface area contributed by atoms with Crippen LogP contribution in [0.15, 0.2) is 18.2 Å². The van der Waals surface area contributed by atoms with E-state index in [1.165, 1.54) is 24.8 Å². The van der Waals surface area contributed by atoms with Crippen molar-refractivity contribution < 1.29 is 4.74 Å². The highest BCUT2D eigenvalue weighted by atomic mass is 35.5. The van der Waals surface area contributed by atoms with E-state index in [0.29, 0.717) is 12.0 Å². The van der Waals surface area contributed by atoms with Crippen LogP contribution in [0, 0.1) is 11.8 Å². The normalized spacial score (nSPS) is 26.8. The van der Waals surface area contributed by atoms with Gasteiger partial charge in [-0.3, -0.25) is 4.90 Å². The maximum atomic E-state index is 6.29. The first-order valence-corrected chi connectivity index (χ1v) is 8.37. The van der Waals surface area contributed by atoms with Crippen molar-refractivity contribution in [3.63, 3.8) is 0 Å². The Morgan fingerprint density at radius 2 is 2.10 bits per heavy atom. The van der Waals surface area contributed by atoms with E-state index in [-0.39, 0.29) is 0 Å². The summed E-state index contributed by atoms with van der Waals surface area (Å²) in [5.74, 6) is 2.23. The molecule has 116 valence electrons. The van der Waals surface area contributed by atoms with E-state index in [9.17, 15) is 0 Å². The van der Waals surface area contributed by atoms with Gasteiger partial charge in [0.2, 0.25) is 0 Å². The Morgan fingerprint density at radius 3 is 2.71 bits per heavy atom. The molecular weight excluding hydrogens is 284 g/mol. The van der Waals surface area contributed by atoms with E-state index in [4.69, 9.17) is 22.1 Å². The highest BCUT2D eigenvalue weighted by Crippen LogP contribution is 2.37. The molecule has 1 saturated heterocycles. The van der Waals surface area contributed by atoms with Crippen molar-refractivity contribution in [2.45, 2.75) is 31.7 Å². The summed E-state index contributed by atoms with van der Waals surface area (Å²) in [6.45, 7) is 2.64. The lowest BCUT2D eigenvalue weighted by molar-refractivity contribution is 0.180. The Kier molecular flexibility index (Phi) is 4.72. The van der Waals surface area contributed by atoms with Gasteiger partial charge in [0.1, 0.15) is 5.75 Å². The molecule has 21 heavy (non-hydrogen) atoms. The molecule has 4 heteroatoms. The molecule has 0 aromatic heterocycles. The van der Waals surface area contributed by atoms with Gasteiger partial charge in [-0.2, -0.15) is 0 Å². The standard InChI is InChI=1S/C17H25ClN2O/c1-20-10-13(9-19)5-17(20)14-6-15(18)8-16(7-14)21-11-12-3-2-4-12/h6-8,12-13,17H,2-5,9-11,19H2,1H3. The molecule has 3 rings (SSSR count). The molecule has 1 saturated carbocycles. The quantitative estimate of drug-likeness (QED) is 0.905. The monoisotopic (exact) mass is 308 g/mol. The molecule has 2 fully saturated rings. The van der Waals surface area contributed by atoms with E-state index in [2.05, 4.69) is 24.1 Å². The highest BCUT2D eigenvalue weighted by molar-refractivity contribution is 6.30. The largest absolute Gasteiger partial charge is 0.493 e. The third-order valence-electron chi connectivity index (χ3n) is 4.96. The van der Waals surface area contributed by atoms with E-state index in [1.54, 1.807) is 0 Å². The summed E-state index contributed by atoms with van der Waals surface area (Å²) >= 11 is 6.29. The molecule has 3 nitrogen and oxygen atoms in total. The van der Waals surface area contributed by atoms with Gasteiger partial charge in [-0.1, -0.05) is 18.0 Å². The zero-order valence-corrected chi connectivity index (χ0v) is 13.5. The first kappa shape index (κ1) is 15.1. The van der Waals surface area contributed by atoms with Gasteiger partial charge in [0.15, 0.2) is 0 Å². The number of hydrogen-bond acceptors (Lipinski definition) is 3. The van der Waals surface area contributed by atoms with Crippen LogP contribution < -0.4 is 10.5 Å². The fraction of sp³-hybridized carbons (Fsp3) is 0.647. The van der Waals surface area contributed by atoms with Crippen molar-refractivity contribution in [1.82, 2.24) is 4.90 Å². The predicted molar refractivity (Wildman–Crippen MR) is 86.8 cm³/mol. The van der Waals surface area contributed by atoms with Crippen molar-refractivity contribution >= 4 is 11.6 Å². The Morgan fingerprint density at radius 1 is 1.29 bits per heavy atom. The van der Waals surface area contributed by atoms with Crippen LogP contribution in [0.4, 0.5) is 0 Å². The number of rotatable bonds is 5. The second-order valence-corrected chi connectivity index (χ2v) is 7.06. The summed E-state index contributed by atoms with van der Waals surface area (Å²) in [6, 6.07) is 6.56.